The zero-order valence-corrected chi connectivity index (χ0v) is 11.8. The molecule has 0 aliphatic carbocycles. The van der Waals surface area contributed by atoms with Gasteiger partial charge in [-0.25, -0.2) is 0 Å². The molecule has 1 aromatic rings. The van der Waals surface area contributed by atoms with Crippen LogP contribution in [0.1, 0.15) is 36.0 Å². The molecule has 0 fully saturated rings. The van der Waals surface area contributed by atoms with Gasteiger partial charge in [0.25, 0.3) is 0 Å². The average Bonchev–Trinajstić information content (AvgIpc) is 2.35. The summed E-state index contributed by atoms with van der Waals surface area (Å²) >= 11 is 0. The van der Waals surface area contributed by atoms with E-state index in [0.717, 1.165) is 0 Å². The highest BCUT2D eigenvalue weighted by molar-refractivity contribution is 5.61. The molecule has 0 saturated carbocycles. The van der Waals surface area contributed by atoms with Crippen LogP contribution in [-0.4, -0.2) is 23.5 Å². The summed E-state index contributed by atoms with van der Waals surface area (Å²) in [6.45, 7) is 3.23. The molecule has 3 nitrogen and oxygen atoms in total. The minimum absolute atomic E-state index is 0.00507. The molecular weight excluding hydrogens is 273 g/mol. The molecule has 0 radical (unpaired) electrons. The van der Waals surface area contributed by atoms with Gasteiger partial charge < -0.3 is 14.9 Å². The first-order valence-corrected chi connectivity index (χ1v) is 6.33. The predicted octanol–water partition coefficient (Wildman–Crippen LogP) is 4.00. The Kier molecular flexibility index (Phi) is 5.14. The molecule has 0 saturated heterocycles. The number of ether oxygens (including phenoxy) is 1. The van der Waals surface area contributed by atoms with Crippen LogP contribution in [0.4, 0.5) is 13.2 Å². The summed E-state index contributed by atoms with van der Waals surface area (Å²) < 4.78 is 41.2. The molecule has 0 aromatic heterocycles. The topological polar surface area (TPSA) is 49.7 Å². The quantitative estimate of drug-likeness (QED) is 0.637. The van der Waals surface area contributed by atoms with Gasteiger partial charge in [0.05, 0.1) is 7.11 Å². The van der Waals surface area contributed by atoms with Crippen molar-refractivity contribution in [1.29, 1.82) is 0 Å². The first-order valence-electron chi connectivity index (χ1n) is 6.33. The van der Waals surface area contributed by atoms with Crippen LogP contribution in [0.2, 0.25) is 0 Å². The van der Waals surface area contributed by atoms with Crippen LogP contribution in [0, 0.1) is 13.8 Å². The van der Waals surface area contributed by atoms with Crippen molar-refractivity contribution in [3.63, 3.8) is 0 Å². The van der Waals surface area contributed by atoms with E-state index in [1.807, 2.05) is 0 Å². The number of hydrogen-bond acceptors (Lipinski definition) is 3. The van der Waals surface area contributed by atoms with Crippen LogP contribution >= 0.6 is 0 Å². The molecule has 0 atom stereocenters. The molecule has 0 spiro atoms. The van der Waals surface area contributed by atoms with Crippen molar-refractivity contribution in [2.24, 2.45) is 0 Å². The Morgan fingerprint density at radius 3 is 2.10 bits per heavy atom. The third-order valence-corrected chi connectivity index (χ3v) is 3.35. The number of aromatic hydroxyl groups is 2. The largest absolute Gasteiger partial charge is 0.507 e. The smallest absolute Gasteiger partial charge is 0.389 e. The van der Waals surface area contributed by atoms with Crippen LogP contribution < -0.4 is 4.74 Å². The number of methoxy groups -OCH3 is 1. The molecule has 6 heteroatoms. The Morgan fingerprint density at radius 1 is 1.00 bits per heavy atom. The van der Waals surface area contributed by atoms with Crippen LogP contribution in [0.15, 0.2) is 0 Å². The molecule has 0 amide bonds. The van der Waals surface area contributed by atoms with Gasteiger partial charge in [-0.3, -0.25) is 0 Å². The van der Waals surface area contributed by atoms with Gasteiger partial charge >= 0.3 is 6.18 Å². The summed E-state index contributed by atoms with van der Waals surface area (Å²) in [5.41, 5.74) is 1.33. The Labute approximate surface area is 116 Å². The molecule has 114 valence electrons. The van der Waals surface area contributed by atoms with Crippen molar-refractivity contribution in [3.8, 4) is 17.2 Å². The van der Waals surface area contributed by atoms with Gasteiger partial charge in [0.15, 0.2) is 11.5 Å². The highest BCUT2D eigenvalue weighted by atomic mass is 19.4. The number of phenolic OH excluding ortho intramolecular Hbond substituents is 2. The summed E-state index contributed by atoms with van der Waals surface area (Å²) in [6, 6.07) is 0. The van der Waals surface area contributed by atoms with Crippen LogP contribution in [0.3, 0.4) is 0 Å². The third kappa shape index (κ3) is 3.71. The maximum absolute atomic E-state index is 12.1. The fraction of sp³-hybridized carbons (Fsp3) is 0.571. The first-order chi connectivity index (χ1) is 9.19. The Morgan fingerprint density at radius 2 is 1.60 bits per heavy atom. The average molecular weight is 292 g/mol. The maximum Gasteiger partial charge on any atom is 0.389 e. The fourth-order valence-electron chi connectivity index (χ4n) is 2.21. The van der Waals surface area contributed by atoms with Crippen molar-refractivity contribution in [2.45, 2.75) is 45.7 Å². The van der Waals surface area contributed by atoms with Crippen molar-refractivity contribution in [3.05, 3.63) is 16.7 Å². The number of hydrogen-bond donors (Lipinski definition) is 2. The summed E-state index contributed by atoms with van der Waals surface area (Å²) in [5.74, 6) is 0.0664. The highest BCUT2D eigenvalue weighted by Crippen LogP contribution is 2.42. The summed E-state index contributed by atoms with van der Waals surface area (Å²) in [6.07, 6.45) is -4.48. The summed E-state index contributed by atoms with van der Waals surface area (Å²) in [7, 11) is 1.37. The second-order valence-corrected chi connectivity index (χ2v) is 4.78. The van der Waals surface area contributed by atoms with Gasteiger partial charge in [-0.2, -0.15) is 13.2 Å². The lowest BCUT2D eigenvalue weighted by Crippen LogP contribution is -2.06. The van der Waals surface area contributed by atoms with Gasteiger partial charge in [0.2, 0.25) is 0 Å². The molecule has 1 aromatic carbocycles. The monoisotopic (exact) mass is 292 g/mol. The van der Waals surface area contributed by atoms with E-state index in [9.17, 15) is 23.4 Å². The third-order valence-electron chi connectivity index (χ3n) is 3.35. The molecule has 0 unspecified atom stereocenters. The minimum Gasteiger partial charge on any atom is -0.507 e. The van der Waals surface area contributed by atoms with Crippen LogP contribution in [0.25, 0.3) is 0 Å². The Hall–Kier alpha value is -1.59. The molecule has 0 heterocycles. The number of rotatable bonds is 5. The zero-order chi connectivity index (χ0) is 15.5. The highest BCUT2D eigenvalue weighted by Gasteiger charge is 2.26. The normalized spacial score (nSPS) is 11.7. The maximum atomic E-state index is 12.1. The summed E-state index contributed by atoms with van der Waals surface area (Å²) in [4.78, 5) is 0. The van der Waals surface area contributed by atoms with E-state index in [1.165, 1.54) is 7.11 Å². The van der Waals surface area contributed by atoms with Gasteiger partial charge in [-0.1, -0.05) is 0 Å². The predicted molar refractivity (Wildman–Crippen MR) is 69.4 cm³/mol. The molecular formula is C14H19F3O3. The Balaban J connectivity index is 2.88. The zero-order valence-electron chi connectivity index (χ0n) is 11.8. The first kappa shape index (κ1) is 16.5. The second-order valence-electron chi connectivity index (χ2n) is 4.78. The van der Waals surface area contributed by atoms with E-state index in [-0.39, 0.29) is 36.5 Å². The SMILES string of the molecule is COc1c(C)c(O)c(C)c(CCCCC(F)(F)F)c1O. The van der Waals surface area contributed by atoms with Crippen molar-refractivity contribution < 1.29 is 28.1 Å². The van der Waals surface area contributed by atoms with Crippen LogP contribution in [-0.2, 0) is 6.42 Å². The van der Waals surface area contributed by atoms with E-state index < -0.39 is 12.6 Å². The standard InChI is InChI=1S/C14H19F3O3/c1-8-10(6-4-5-7-14(15,16)17)12(19)13(20-3)9(2)11(8)18/h18-19H,4-7H2,1-3H3. The fourth-order valence-corrected chi connectivity index (χ4v) is 2.21. The van der Waals surface area contributed by atoms with Gasteiger partial charge in [-0.05, 0) is 38.7 Å². The number of unbranched alkanes of at least 4 members (excludes halogenated alkanes) is 1. The number of alkyl halides is 3. The summed E-state index contributed by atoms with van der Waals surface area (Å²) in [5, 5.41) is 20.0. The minimum atomic E-state index is -4.16. The van der Waals surface area contributed by atoms with E-state index in [0.29, 0.717) is 16.7 Å². The van der Waals surface area contributed by atoms with Crippen molar-refractivity contribution in [2.75, 3.05) is 7.11 Å². The van der Waals surface area contributed by atoms with E-state index in [4.69, 9.17) is 4.74 Å². The Bertz CT molecular complexity index is 482. The second kappa shape index (κ2) is 6.24. The molecule has 0 bridgehead atoms. The van der Waals surface area contributed by atoms with Gasteiger partial charge in [0.1, 0.15) is 5.75 Å². The lowest BCUT2D eigenvalue weighted by molar-refractivity contribution is -0.135. The molecule has 0 aliphatic heterocycles. The van der Waals surface area contributed by atoms with Gasteiger partial charge in [0, 0.05) is 17.5 Å². The van der Waals surface area contributed by atoms with E-state index in [1.54, 1.807) is 13.8 Å². The number of benzene rings is 1. The van der Waals surface area contributed by atoms with E-state index >= 15 is 0 Å². The molecule has 20 heavy (non-hydrogen) atoms. The van der Waals surface area contributed by atoms with Gasteiger partial charge in [-0.15, -0.1) is 0 Å². The molecule has 0 aliphatic rings. The molecule has 2 N–H and O–H groups in total. The van der Waals surface area contributed by atoms with E-state index in [2.05, 4.69) is 0 Å². The number of halogens is 3. The lowest BCUT2D eigenvalue weighted by Gasteiger charge is -2.17. The lowest BCUT2D eigenvalue weighted by atomic mass is 9.96. The number of phenols is 2. The van der Waals surface area contributed by atoms with Crippen molar-refractivity contribution >= 4 is 0 Å². The van der Waals surface area contributed by atoms with Crippen molar-refractivity contribution in [1.82, 2.24) is 0 Å². The van der Waals surface area contributed by atoms with Crippen LogP contribution in [0.5, 0.6) is 17.2 Å². The molecule has 1 rings (SSSR count).